The summed E-state index contributed by atoms with van der Waals surface area (Å²) in [6.07, 6.45) is 1.35. The fourth-order valence-corrected chi connectivity index (χ4v) is 2.04. The number of fused-ring (bicyclic) bond motifs is 1. The molecular formula is C15H12N4O3. The predicted octanol–water partition coefficient (Wildman–Crippen LogP) is 2.82. The first-order valence-corrected chi connectivity index (χ1v) is 6.59. The smallest absolute Gasteiger partial charge is 0.406 e. The Bertz CT molecular complexity index is 851. The van der Waals surface area contributed by atoms with E-state index in [1.54, 1.807) is 6.07 Å². The molecule has 0 bridgehead atoms. The van der Waals surface area contributed by atoms with Crippen LogP contribution in [0, 0.1) is 17.0 Å². The number of rotatable bonds is 4. The van der Waals surface area contributed by atoms with Gasteiger partial charge in [-0.15, -0.1) is 0 Å². The summed E-state index contributed by atoms with van der Waals surface area (Å²) in [6, 6.07) is 10.6. The normalized spacial score (nSPS) is 10.6. The summed E-state index contributed by atoms with van der Waals surface area (Å²) in [5.74, 6) is -0.198. The van der Waals surface area contributed by atoms with E-state index >= 15 is 0 Å². The van der Waals surface area contributed by atoms with Crippen molar-refractivity contribution in [1.82, 2.24) is 15.0 Å². The van der Waals surface area contributed by atoms with E-state index in [1.807, 2.05) is 31.2 Å². The molecule has 0 N–H and O–H groups in total. The van der Waals surface area contributed by atoms with Crippen LogP contribution in [0.4, 0.5) is 5.82 Å². The van der Waals surface area contributed by atoms with Crippen molar-refractivity contribution in [3.8, 4) is 5.75 Å². The quantitative estimate of drug-likeness (QED) is 0.543. The third-order valence-corrected chi connectivity index (χ3v) is 3.13. The average molecular weight is 296 g/mol. The number of aromatic nitrogens is 3. The van der Waals surface area contributed by atoms with Gasteiger partial charge < -0.3 is 14.9 Å². The van der Waals surface area contributed by atoms with Crippen molar-refractivity contribution in [2.24, 2.45) is 0 Å². The van der Waals surface area contributed by atoms with E-state index in [-0.39, 0.29) is 18.2 Å². The first-order valence-electron chi connectivity index (χ1n) is 6.59. The Morgan fingerprint density at radius 1 is 1.14 bits per heavy atom. The zero-order valence-corrected chi connectivity index (χ0v) is 11.8. The lowest BCUT2D eigenvalue weighted by Gasteiger charge is -2.08. The molecule has 110 valence electrons. The number of hydrogen-bond donors (Lipinski definition) is 0. The molecule has 0 aliphatic carbocycles. The summed E-state index contributed by atoms with van der Waals surface area (Å²) in [7, 11) is 0. The first-order chi connectivity index (χ1) is 10.6. The zero-order valence-electron chi connectivity index (χ0n) is 11.8. The van der Waals surface area contributed by atoms with Crippen LogP contribution in [0.25, 0.3) is 11.0 Å². The van der Waals surface area contributed by atoms with Gasteiger partial charge >= 0.3 is 5.82 Å². The maximum Gasteiger partial charge on any atom is 0.406 e. The van der Waals surface area contributed by atoms with Crippen molar-refractivity contribution in [3.63, 3.8) is 0 Å². The van der Waals surface area contributed by atoms with Crippen LogP contribution < -0.4 is 4.74 Å². The first kappa shape index (κ1) is 13.9. The van der Waals surface area contributed by atoms with Crippen molar-refractivity contribution < 1.29 is 9.66 Å². The van der Waals surface area contributed by atoms with Gasteiger partial charge in [-0.3, -0.25) is 0 Å². The molecule has 1 aromatic carbocycles. The van der Waals surface area contributed by atoms with Crippen LogP contribution in [0.15, 0.2) is 42.6 Å². The van der Waals surface area contributed by atoms with E-state index in [2.05, 4.69) is 15.0 Å². The van der Waals surface area contributed by atoms with E-state index in [4.69, 9.17) is 4.74 Å². The molecule has 3 rings (SSSR count). The second kappa shape index (κ2) is 5.72. The molecule has 3 aromatic rings. The third-order valence-electron chi connectivity index (χ3n) is 3.13. The molecule has 0 saturated heterocycles. The number of nitro groups is 1. The highest BCUT2D eigenvalue weighted by Crippen LogP contribution is 2.24. The minimum atomic E-state index is -0.575. The van der Waals surface area contributed by atoms with E-state index in [0.29, 0.717) is 5.69 Å². The van der Waals surface area contributed by atoms with Crippen LogP contribution in [0.1, 0.15) is 11.4 Å². The van der Waals surface area contributed by atoms with Crippen molar-refractivity contribution in [1.29, 1.82) is 0 Å². The van der Waals surface area contributed by atoms with Gasteiger partial charge in [-0.1, -0.05) is 12.1 Å². The molecule has 0 unspecified atom stereocenters. The van der Waals surface area contributed by atoms with Gasteiger partial charge in [0, 0.05) is 0 Å². The monoisotopic (exact) mass is 296 g/mol. The lowest BCUT2D eigenvalue weighted by molar-refractivity contribution is -0.390. The third kappa shape index (κ3) is 2.69. The molecule has 0 aliphatic heterocycles. The van der Waals surface area contributed by atoms with Crippen LogP contribution in [0.3, 0.4) is 0 Å². The van der Waals surface area contributed by atoms with Crippen LogP contribution in [-0.4, -0.2) is 19.9 Å². The highest BCUT2D eigenvalue weighted by atomic mass is 16.6. The lowest BCUT2D eigenvalue weighted by Crippen LogP contribution is -2.05. The Morgan fingerprint density at radius 2 is 1.86 bits per heavy atom. The van der Waals surface area contributed by atoms with Crippen LogP contribution in [0.2, 0.25) is 0 Å². The molecule has 0 aliphatic rings. The minimum Gasteiger partial charge on any atom is -0.479 e. The van der Waals surface area contributed by atoms with Crippen LogP contribution in [0.5, 0.6) is 5.75 Å². The van der Waals surface area contributed by atoms with Gasteiger partial charge in [-0.05, 0) is 41.1 Å². The van der Waals surface area contributed by atoms with E-state index in [1.165, 1.54) is 12.3 Å². The fourth-order valence-electron chi connectivity index (χ4n) is 2.04. The lowest BCUT2D eigenvalue weighted by atomic mass is 10.2. The summed E-state index contributed by atoms with van der Waals surface area (Å²) in [5, 5.41) is 10.9. The van der Waals surface area contributed by atoms with Crippen molar-refractivity contribution in [2.75, 3.05) is 0 Å². The summed E-state index contributed by atoms with van der Waals surface area (Å²) >= 11 is 0. The number of benzene rings is 1. The molecular weight excluding hydrogens is 284 g/mol. The largest absolute Gasteiger partial charge is 0.479 e. The molecule has 0 saturated carbocycles. The van der Waals surface area contributed by atoms with Crippen molar-refractivity contribution in [2.45, 2.75) is 13.5 Å². The fraction of sp³-hybridized carbons (Fsp3) is 0.133. The van der Waals surface area contributed by atoms with E-state index in [9.17, 15) is 10.1 Å². The predicted molar refractivity (Wildman–Crippen MR) is 79.5 cm³/mol. The van der Waals surface area contributed by atoms with Gasteiger partial charge in [0.25, 0.3) is 0 Å². The number of nitrogens with zero attached hydrogens (tertiary/aromatic N) is 4. The number of hydrogen-bond acceptors (Lipinski definition) is 6. The Morgan fingerprint density at radius 3 is 2.59 bits per heavy atom. The molecule has 7 nitrogen and oxygen atoms in total. The van der Waals surface area contributed by atoms with Crippen LogP contribution in [-0.2, 0) is 6.61 Å². The molecule has 7 heteroatoms. The molecule has 0 atom stereocenters. The minimum absolute atomic E-state index is 0.0935. The molecule has 2 heterocycles. The Hall–Kier alpha value is -3.09. The topological polar surface area (TPSA) is 91.0 Å². The Labute approximate surface area is 125 Å². The van der Waals surface area contributed by atoms with Gasteiger partial charge in [0.2, 0.25) is 5.75 Å². The summed E-state index contributed by atoms with van der Waals surface area (Å²) < 4.78 is 5.51. The zero-order chi connectivity index (χ0) is 15.5. The second-order valence-electron chi connectivity index (χ2n) is 4.62. The van der Waals surface area contributed by atoms with Gasteiger partial charge in [0.15, 0.2) is 0 Å². The molecule has 0 fully saturated rings. The second-order valence-corrected chi connectivity index (χ2v) is 4.62. The summed E-state index contributed by atoms with van der Waals surface area (Å²) in [6.45, 7) is 1.92. The van der Waals surface area contributed by atoms with Gasteiger partial charge in [0.1, 0.15) is 12.8 Å². The summed E-state index contributed by atoms with van der Waals surface area (Å²) in [5.41, 5.74) is 2.92. The Balaban J connectivity index is 1.88. The van der Waals surface area contributed by atoms with E-state index in [0.717, 1.165) is 16.7 Å². The van der Waals surface area contributed by atoms with Gasteiger partial charge in [-0.2, -0.15) is 0 Å². The van der Waals surface area contributed by atoms with Crippen molar-refractivity contribution >= 4 is 16.9 Å². The number of pyridine rings is 1. The average Bonchev–Trinajstić information content (AvgIpc) is 2.53. The van der Waals surface area contributed by atoms with Crippen molar-refractivity contribution in [3.05, 3.63) is 64.1 Å². The van der Waals surface area contributed by atoms with E-state index < -0.39 is 4.92 Å². The molecule has 2 aromatic heterocycles. The maximum atomic E-state index is 10.9. The molecule has 0 radical (unpaired) electrons. The Kier molecular flexibility index (Phi) is 3.61. The van der Waals surface area contributed by atoms with Gasteiger partial charge in [0.05, 0.1) is 22.4 Å². The summed E-state index contributed by atoms with van der Waals surface area (Å²) in [4.78, 5) is 23.0. The standard InChI is InChI=1S/C15H12N4O3/c1-10-13(18-12-6-3-2-5-11(12)17-10)9-22-14-7-4-8-16-15(14)19(20)21/h2-8H,9H2,1H3. The number of aryl methyl sites for hydroxylation is 1. The molecule has 22 heavy (non-hydrogen) atoms. The number of ether oxygens (including phenoxy) is 1. The van der Waals surface area contributed by atoms with Crippen LogP contribution >= 0.6 is 0 Å². The maximum absolute atomic E-state index is 10.9. The SMILES string of the molecule is Cc1nc2ccccc2nc1COc1cccnc1[N+](=O)[O-]. The highest BCUT2D eigenvalue weighted by Gasteiger charge is 2.16. The molecule has 0 spiro atoms. The molecule has 0 amide bonds. The highest BCUT2D eigenvalue weighted by molar-refractivity contribution is 5.74. The van der Waals surface area contributed by atoms with Gasteiger partial charge in [-0.25, -0.2) is 9.97 Å². The number of para-hydroxylation sites is 2.